The Kier molecular flexibility index (Phi) is 4.61. The van der Waals surface area contributed by atoms with E-state index in [9.17, 15) is 9.59 Å². The van der Waals surface area contributed by atoms with Gasteiger partial charge in [0.2, 0.25) is 5.91 Å². The van der Waals surface area contributed by atoms with Crippen molar-refractivity contribution in [3.63, 3.8) is 0 Å². The van der Waals surface area contributed by atoms with Crippen LogP contribution in [-0.2, 0) is 22.5 Å². The Morgan fingerprint density at radius 3 is 3.11 bits per heavy atom. The van der Waals surface area contributed by atoms with Crippen LogP contribution in [0.5, 0.6) is 5.75 Å². The van der Waals surface area contributed by atoms with Crippen LogP contribution in [0.15, 0.2) is 24.4 Å². The lowest BCUT2D eigenvalue weighted by Crippen LogP contribution is -2.33. The fourth-order valence-corrected chi connectivity index (χ4v) is 3.39. The molecule has 2 aromatic rings. The highest BCUT2D eigenvalue weighted by Gasteiger charge is 2.33. The number of benzene rings is 1. The van der Waals surface area contributed by atoms with Gasteiger partial charge in [0.05, 0.1) is 37.1 Å². The first kappa shape index (κ1) is 17.9. The summed E-state index contributed by atoms with van der Waals surface area (Å²) in [6, 6.07) is 7.58. The Morgan fingerprint density at radius 2 is 2.32 bits per heavy atom. The number of nitrogens with zero attached hydrogens (tertiary/aromatic N) is 4. The smallest absolute Gasteiger partial charge is 0.414 e. The highest BCUT2D eigenvalue weighted by Crippen LogP contribution is 2.37. The SMILES string of the molecule is CC(=O)NCC1CN(c2ccc3c(c2)OCCc2cn(CC#N)nc2-3)C(=O)O1. The van der Waals surface area contributed by atoms with Crippen LogP contribution in [0.3, 0.4) is 0 Å². The van der Waals surface area contributed by atoms with Crippen LogP contribution in [0, 0.1) is 11.3 Å². The molecule has 0 bridgehead atoms. The molecular weight excluding hydrogens is 362 g/mol. The molecule has 1 aromatic heterocycles. The van der Waals surface area contributed by atoms with Crippen LogP contribution in [0.2, 0.25) is 0 Å². The second kappa shape index (κ2) is 7.23. The molecule has 0 radical (unpaired) electrons. The Morgan fingerprint density at radius 1 is 1.46 bits per heavy atom. The minimum atomic E-state index is -0.456. The Hall–Kier alpha value is -3.54. The third-order valence-corrected chi connectivity index (χ3v) is 4.68. The lowest BCUT2D eigenvalue weighted by molar-refractivity contribution is -0.119. The van der Waals surface area contributed by atoms with E-state index in [1.54, 1.807) is 10.7 Å². The van der Waals surface area contributed by atoms with Crippen molar-refractivity contribution in [3.8, 4) is 23.1 Å². The second-order valence-electron chi connectivity index (χ2n) is 6.69. The Bertz CT molecular complexity index is 977. The zero-order valence-electron chi connectivity index (χ0n) is 15.3. The molecule has 1 fully saturated rings. The Balaban J connectivity index is 1.59. The maximum atomic E-state index is 12.2. The molecule has 144 valence electrons. The van der Waals surface area contributed by atoms with Gasteiger partial charge >= 0.3 is 6.09 Å². The summed E-state index contributed by atoms with van der Waals surface area (Å²) in [6.07, 6.45) is 1.71. The quantitative estimate of drug-likeness (QED) is 0.859. The van der Waals surface area contributed by atoms with E-state index in [-0.39, 0.29) is 19.0 Å². The summed E-state index contributed by atoms with van der Waals surface area (Å²) in [6.45, 7) is 2.72. The van der Waals surface area contributed by atoms with Crippen LogP contribution in [-0.4, -0.2) is 47.6 Å². The van der Waals surface area contributed by atoms with Crippen molar-refractivity contribution in [2.75, 3.05) is 24.6 Å². The predicted molar refractivity (Wildman–Crippen MR) is 98.8 cm³/mol. The molecule has 0 saturated carbocycles. The fraction of sp³-hybridized carbons (Fsp3) is 0.368. The van der Waals surface area contributed by atoms with Crippen molar-refractivity contribution in [3.05, 3.63) is 30.0 Å². The lowest BCUT2D eigenvalue weighted by Gasteiger charge is -2.16. The maximum absolute atomic E-state index is 12.2. The molecule has 9 heteroatoms. The van der Waals surface area contributed by atoms with Gasteiger partial charge in [-0.2, -0.15) is 10.4 Å². The third kappa shape index (κ3) is 3.36. The Labute approximate surface area is 161 Å². The van der Waals surface area contributed by atoms with Gasteiger partial charge in [-0.1, -0.05) is 0 Å². The number of amides is 2. The van der Waals surface area contributed by atoms with E-state index < -0.39 is 12.2 Å². The van der Waals surface area contributed by atoms with Crippen molar-refractivity contribution in [1.82, 2.24) is 15.1 Å². The molecule has 1 unspecified atom stereocenters. The van der Waals surface area contributed by atoms with E-state index in [2.05, 4.69) is 16.5 Å². The molecule has 28 heavy (non-hydrogen) atoms. The topological polar surface area (TPSA) is 109 Å². The summed E-state index contributed by atoms with van der Waals surface area (Å²) in [5.74, 6) is 0.469. The van der Waals surface area contributed by atoms with Gasteiger partial charge < -0.3 is 14.8 Å². The average Bonchev–Trinajstić information content (AvgIpc) is 3.19. The molecular formula is C19H19N5O4. The van der Waals surface area contributed by atoms with Crippen LogP contribution >= 0.6 is 0 Å². The predicted octanol–water partition coefficient (Wildman–Crippen LogP) is 1.47. The zero-order chi connectivity index (χ0) is 19.7. The van der Waals surface area contributed by atoms with Gasteiger partial charge in [-0.25, -0.2) is 4.79 Å². The number of cyclic esters (lactones) is 1. The van der Waals surface area contributed by atoms with E-state index in [4.69, 9.17) is 14.7 Å². The van der Waals surface area contributed by atoms with Crippen molar-refractivity contribution in [1.29, 1.82) is 5.26 Å². The average molecular weight is 381 g/mol. The first-order valence-corrected chi connectivity index (χ1v) is 8.98. The number of aromatic nitrogens is 2. The van der Waals surface area contributed by atoms with Crippen LogP contribution in [0.25, 0.3) is 11.3 Å². The van der Waals surface area contributed by atoms with Gasteiger partial charge in [0, 0.05) is 36.7 Å². The number of nitriles is 1. The third-order valence-electron chi connectivity index (χ3n) is 4.68. The maximum Gasteiger partial charge on any atom is 0.414 e. The molecule has 1 saturated heterocycles. The first-order chi connectivity index (χ1) is 13.5. The number of rotatable bonds is 4. The van der Waals surface area contributed by atoms with Gasteiger partial charge in [-0.15, -0.1) is 0 Å². The van der Waals surface area contributed by atoms with Crippen molar-refractivity contribution in [2.45, 2.75) is 26.0 Å². The highest BCUT2D eigenvalue weighted by molar-refractivity contribution is 5.91. The number of hydrogen-bond donors (Lipinski definition) is 1. The van der Waals surface area contributed by atoms with Crippen LogP contribution < -0.4 is 15.0 Å². The molecule has 2 aliphatic rings. The summed E-state index contributed by atoms with van der Waals surface area (Å²) >= 11 is 0. The second-order valence-corrected chi connectivity index (χ2v) is 6.69. The van der Waals surface area contributed by atoms with E-state index in [1.165, 1.54) is 11.8 Å². The minimum Gasteiger partial charge on any atom is -0.492 e. The van der Waals surface area contributed by atoms with Gasteiger partial charge in [0.25, 0.3) is 0 Å². The van der Waals surface area contributed by atoms with Gasteiger partial charge in [0.15, 0.2) is 0 Å². The van der Waals surface area contributed by atoms with E-state index in [1.807, 2.05) is 18.3 Å². The zero-order valence-corrected chi connectivity index (χ0v) is 15.3. The molecule has 4 rings (SSSR count). The largest absolute Gasteiger partial charge is 0.492 e. The van der Waals surface area contributed by atoms with Crippen LogP contribution in [0.1, 0.15) is 12.5 Å². The van der Waals surface area contributed by atoms with Gasteiger partial charge in [-0.3, -0.25) is 14.4 Å². The number of carbonyl (C=O) groups is 2. The monoisotopic (exact) mass is 381 g/mol. The number of anilines is 1. The van der Waals surface area contributed by atoms with Crippen molar-refractivity contribution < 1.29 is 19.1 Å². The lowest BCUT2D eigenvalue weighted by atomic mass is 10.1. The summed E-state index contributed by atoms with van der Waals surface area (Å²) in [5.41, 5.74) is 3.31. The van der Waals surface area contributed by atoms with Crippen molar-refractivity contribution in [2.24, 2.45) is 0 Å². The summed E-state index contributed by atoms with van der Waals surface area (Å²) in [4.78, 5) is 24.8. The van der Waals surface area contributed by atoms with Gasteiger partial charge in [0.1, 0.15) is 18.4 Å². The molecule has 1 atom stereocenters. The van der Waals surface area contributed by atoms with Gasteiger partial charge in [-0.05, 0) is 12.1 Å². The number of hydrogen-bond acceptors (Lipinski definition) is 6. The number of ether oxygens (including phenoxy) is 2. The summed E-state index contributed by atoms with van der Waals surface area (Å²) in [7, 11) is 0. The highest BCUT2D eigenvalue weighted by atomic mass is 16.6. The molecule has 1 aromatic carbocycles. The molecule has 3 heterocycles. The van der Waals surface area contributed by atoms with E-state index >= 15 is 0 Å². The molecule has 0 aliphatic carbocycles. The standard InChI is InChI=1S/C19H19N5O4/c1-12(25)21-9-15-11-24(19(26)28-15)14-2-3-16-17(8-14)27-7-4-13-10-23(6-5-20)22-18(13)16/h2-3,8,10,15H,4,6-7,9,11H2,1H3,(H,21,25). The number of nitrogens with one attached hydrogen (secondary N) is 1. The normalized spacial score (nSPS) is 17.6. The summed E-state index contributed by atoms with van der Waals surface area (Å²) in [5, 5.41) is 16.1. The molecule has 2 amide bonds. The molecule has 0 spiro atoms. The van der Waals surface area contributed by atoms with Crippen molar-refractivity contribution >= 4 is 17.7 Å². The molecule has 1 N–H and O–H groups in total. The van der Waals surface area contributed by atoms with E-state index in [0.29, 0.717) is 31.0 Å². The minimum absolute atomic E-state index is 0.167. The number of fused-ring (bicyclic) bond motifs is 3. The first-order valence-electron chi connectivity index (χ1n) is 8.98. The molecule has 9 nitrogen and oxygen atoms in total. The van der Waals surface area contributed by atoms with Crippen LogP contribution in [0.4, 0.5) is 10.5 Å². The molecule has 2 aliphatic heterocycles. The summed E-state index contributed by atoms with van der Waals surface area (Å²) < 4.78 is 12.8. The van der Waals surface area contributed by atoms with E-state index in [0.717, 1.165) is 16.8 Å². The number of carbonyl (C=O) groups excluding carboxylic acids is 2. The fourth-order valence-electron chi connectivity index (χ4n) is 3.39.